The van der Waals surface area contributed by atoms with Crippen LogP contribution in [0.5, 0.6) is 0 Å². The summed E-state index contributed by atoms with van der Waals surface area (Å²) in [5.41, 5.74) is 5.39. The molecule has 1 N–H and O–H groups in total. The van der Waals surface area contributed by atoms with Gasteiger partial charge in [0.25, 0.3) is 5.91 Å². The molecule has 3 aromatic rings. The number of H-pyrrole nitrogens is 1. The summed E-state index contributed by atoms with van der Waals surface area (Å²) in [6.45, 7) is 3.19. The quantitative estimate of drug-likeness (QED) is 0.638. The Morgan fingerprint density at radius 2 is 1.94 bits per heavy atom. The lowest BCUT2D eigenvalue weighted by molar-refractivity contribution is 0.0303. The summed E-state index contributed by atoms with van der Waals surface area (Å²) in [7, 11) is -3.19. The number of carbonyl (C=O) groups is 1. The Kier molecular flexibility index (Phi) is 5.77. The van der Waals surface area contributed by atoms with Crippen LogP contribution < -0.4 is 0 Å². The first-order valence-corrected chi connectivity index (χ1v) is 12.8. The minimum Gasteiger partial charge on any atom is -0.378 e. The van der Waals surface area contributed by atoms with Gasteiger partial charge in [0.05, 0.1) is 19.5 Å². The van der Waals surface area contributed by atoms with E-state index in [9.17, 15) is 13.2 Å². The number of carbonyl (C=O) groups excluding carboxylic acids is 1. The van der Waals surface area contributed by atoms with Crippen molar-refractivity contribution in [3.05, 3.63) is 59.9 Å². The van der Waals surface area contributed by atoms with Crippen molar-refractivity contribution < 1.29 is 17.9 Å². The normalized spacial score (nSPS) is 17.8. The van der Waals surface area contributed by atoms with Gasteiger partial charge in [-0.15, -0.1) is 0 Å². The Morgan fingerprint density at radius 3 is 2.67 bits per heavy atom. The number of aromatic nitrogens is 2. The topological polar surface area (TPSA) is 95.6 Å². The average molecular weight is 467 g/mol. The summed E-state index contributed by atoms with van der Waals surface area (Å²) >= 11 is 0. The molecule has 0 saturated carbocycles. The lowest BCUT2D eigenvalue weighted by atomic mass is 10.00. The molecular weight excluding hydrogens is 440 g/mol. The number of pyridine rings is 1. The molecule has 2 aliphatic rings. The summed E-state index contributed by atoms with van der Waals surface area (Å²) < 4.78 is 30.4. The van der Waals surface area contributed by atoms with Crippen molar-refractivity contribution in [3.63, 3.8) is 0 Å². The number of ether oxygens (including phenoxy) is 1. The van der Waals surface area contributed by atoms with Gasteiger partial charge in [-0.25, -0.2) is 13.4 Å². The summed E-state index contributed by atoms with van der Waals surface area (Å²) in [4.78, 5) is 22.7. The minimum absolute atomic E-state index is 0.0167. The van der Waals surface area contributed by atoms with Crippen molar-refractivity contribution in [2.75, 3.05) is 45.6 Å². The molecule has 1 fully saturated rings. The molecule has 0 aliphatic carbocycles. The molecule has 1 aromatic carbocycles. The molecule has 2 aliphatic heterocycles. The van der Waals surface area contributed by atoms with Crippen molar-refractivity contribution in [1.29, 1.82) is 0 Å². The van der Waals surface area contributed by atoms with Gasteiger partial charge in [0, 0.05) is 49.0 Å². The number of benzene rings is 1. The van der Waals surface area contributed by atoms with Gasteiger partial charge in [-0.1, -0.05) is 18.2 Å². The molecule has 0 atom stereocenters. The van der Waals surface area contributed by atoms with Gasteiger partial charge in [-0.05, 0) is 47.4 Å². The fourth-order valence-electron chi connectivity index (χ4n) is 4.42. The van der Waals surface area contributed by atoms with Gasteiger partial charge in [-0.3, -0.25) is 4.79 Å². The van der Waals surface area contributed by atoms with Crippen molar-refractivity contribution in [2.24, 2.45) is 0 Å². The maximum Gasteiger partial charge on any atom is 0.254 e. The van der Waals surface area contributed by atoms with Crippen LogP contribution in [-0.4, -0.2) is 79.1 Å². The van der Waals surface area contributed by atoms with E-state index in [2.05, 4.69) is 16.0 Å². The van der Waals surface area contributed by atoms with Crippen LogP contribution in [0.2, 0.25) is 0 Å². The smallest absolute Gasteiger partial charge is 0.254 e. The number of nitrogens with one attached hydrogen (secondary N) is 1. The largest absolute Gasteiger partial charge is 0.378 e. The number of amides is 1. The molecule has 0 bridgehead atoms. The second-order valence-electron chi connectivity index (χ2n) is 8.39. The van der Waals surface area contributed by atoms with Crippen LogP contribution in [0.1, 0.15) is 22.5 Å². The Hall–Kier alpha value is -3.01. The van der Waals surface area contributed by atoms with Crippen LogP contribution in [0.25, 0.3) is 27.7 Å². The van der Waals surface area contributed by atoms with Gasteiger partial charge in [0.2, 0.25) is 10.0 Å². The van der Waals surface area contributed by atoms with E-state index in [4.69, 9.17) is 4.74 Å². The van der Waals surface area contributed by atoms with Crippen LogP contribution in [-0.2, 0) is 14.8 Å². The second kappa shape index (κ2) is 8.74. The van der Waals surface area contributed by atoms with E-state index in [1.165, 1.54) is 10.6 Å². The third-order valence-corrected chi connectivity index (χ3v) is 7.51. The molecule has 5 rings (SSSR count). The summed E-state index contributed by atoms with van der Waals surface area (Å²) in [6, 6.07) is 11.7. The van der Waals surface area contributed by atoms with Gasteiger partial charge in [0.15, 0.2) is 0 Å². The lowest BCUT2D eigenvalue weighted by Gasteiger charge is -2.27. The number of fused-ring (bicyclic) bond motifs is 1. The maximum absolute atomic E-state index is 13.0. The molecule has 9 heteroatoms. The monoisotopic (exact) mass is 466 g/mol. The van der Waals surface area contributed by atoms with Crippen molar-refractivity contribution in [1.82, 2.24) is 19.2 Å². The third-order valence-electron chi connectivity index (χ3n) is 6.24. The highest BCUT2D eigenvalue weighted by molar-refractivity contribution is 7.88. The number of hydrogen-bond donors (Lipinski definition) is 1. The summed E-state index contributed by atoms with van der Waals surface area (Å²) in [5.74, 6) is 0.0167. The number of aromatic amines is 1. The van der Waals surface area contributed by atoms with E-state index >= 15 is 0 Å². The molecule has 172 valence electrons. The van der Waals surface area contributed by atoms with Crippen LogP contribution in [0, 0.1) is 0 Å². The predicted octanol–water partition coefficient (Wildman–Crippen LogP) is 2.75. The molecule has 0 spiro atoms. The van der Waals surface area contributed by atoms with Crippen LogP contribution in [0.3, 0.4) is 0 Å². The Bertz CT molecular complexity index is 1340. The van der Waals surface area contributed by atoms with Crippen LogP contribution in [0.4, 0.5) is 0 Å². The first-order chi connectivity index (χ1) is 15.9. The summed E-state index contributed by atoms with van der Waals surface area (Å²) in [6.07, 6.45) is 5.59. The first kappa shape index (κ1) is 21.8. The summed E-state index contributed by atoms with van der Waals surface area (Å²) in [5, 5.41) is 0.968. The molecule has 1 amide bonds. The number of nitrogens with zero attached hydrogens (tertiary/aromatic N) is 3. The van der Waals surface area contributed by atoms with Crippen molar-refractivity contribution in [2.45, 2.75) is 6.42 Å². The van der Waals surface area contributed by atoms with Gasteiger partial charge >= 0.3 is 0 Å². The van der Waals surface area contributed by atoms with Gasteiger partial charge in [0.1, 0.15) is 5.65 Å². The molecule has 0 radical (unpaired) electrons. The van der Waals surface area contributed by atoms with E-state index in [1.807, 2.05) is 41.3 Å². The zero-order chi connectivity index (χ0) is 23.0. The van der Waals surface area contributed by atoms with E-state index in [0.717, 1.165) is 33.4 Å². The number of hydrogen-bond acceptors (Lipinski definition) is 5. The van der Waals surface area contributed by atoms with E-state index in [1.54, 1.807) is 6.20 Å². The maximum atomic E-state index is 13.0. The molecule has 4 heterocycles. The first-order valence-electron chi connectivity index (χ1n) is 11.0. The van der Waals surface area contributed by atoms with E-state index in [0.29, 0.717) is 51.4 Å². The highest BCUT2D eigenvalue weighted by atomic mass is 32.2. The number of sulfonamides is 1. The highest BCUT2D eigenvalue weighted by Gasteiger charge is 2.22. The fourth-order valence-corrected chi connectivity index (χ4v) is 5.19. The van der Waals surface area contributed by atoms with Gasteiger partial charge in [-0.2, -0.15) is 4.31 Å². The number of rotatable bonds is 4. The molecule has 1 saturated heterocycles. The predicted molar refractivity (Wildman–Crippen MR) is 127 cm³/mol. The Labute approximate surface area is 192 Å². The zero-order valence-corrected chi connectivity index (χ0v) is 19.3. The van der Waals surface area contributed by atoms with Crippen LogP contribution in [0.15, 0.2) is 48.7 Å². The average Bonchev–Trinajstić information content (AvgIpc) is 3.28. The SMILES string of the molecule is CS(=O)(=O)N1CC=C(c2cc3c(-c4cccc(C(=O)N5CCOCC5)c4)ccnc3[nH]2)CC1. The van der Waals surface area contributed by atoms with E-state index in [-0.39, 0.29) is 5.91 Å². The molecule has 8 nitrogen and oxygen atoms in total. The lowest BCUT2D eigenvalue weighted by Crippen LogP contribution is -2.40. The second-order valence-corrected chi connectivity index (χ2v) is 10.4. The van der Waals surface area contributed by atoms with Crippen molar-refractivity contribution >= 4 is 32.5 Å². The highest BCUT2D eigenvalue weighted by Crippen LogP contribution is 2.32. The van der Waals surface area contributed by atoms with Gasteiger partial charge < -0.3 is 14.6 Å². The molecular formula is C24H26N4O4S. The molecule has 33 heavy (non-hydrogen) atoms. The Morgan fingerprint density at radius 1 is 1.12 bits per heavy atom. The number of morpholine rings is 1. The van der Waals surface area contributed by atoms with Crippen LogP contribution >= 0.6 is 0 Å². The zero-order valence-electron chi connectivity index (χ0n) is 18.5. The molecule has 2 aromatic heterocycles. The Balaban J connectivity index is 1.46. The fraction of sp³-hybridized carbons (Fsp3) is 0.333. The van der Waals surface area contributed by atoms with Crippen molar-refractivity contribution in [3.8, 4) is 11.1 Å². The molecule has 0 unspecified atom stereocenters. The van der Waals surface area contributed by atoms with E-state index < -0.39 is 10.0 Å². The minimum atomic E-state index is -3.19. The standard InChI is InChI=1S/C24H26N4O4S/c1-33(30,31)28-9-6-17(7-10-28)22-16-21-20(5-8-25-23(21)26-22)18-3-2-4-19(15-18)24(29)27-11-13-32-14-12-27/h2-6,8,15-16H,7,9-14H2,1H3,(H,25,26). The third kappa shape index (κ3) is 4.44.